The van der Waals surface area contributed by atoms with E-state index in [1.807, 2.05) is 0 Å². The summed E-state index contributed by atoms with van der Waals surface area (Å²) in [6, 6.07) is 0. The van der Waals surface area contributed by atoms with Crippen molar-refractivity contribution >= 4 is 0 Å². The van der Waals surface area contributed by atoms with E-state index < -0.39 is 6.10 Å². The molecule has 0 rings (SSSR count). The van der Waals surface area contributed by atoms with Gasteiger partial charge in [-0.1, -0.05) is 103 Å². The highest BCUT2D eigenvalue weighted by molar-refractivity contribution is 4.50. The van der Waals surface area contributed by atoms with E-state index in [2.05, 4.69) is 6.92 Å². The first-order valence-corrected chi connectivity index (χ1v) is 10.8. The van der Waals surface area contributed by atoms with Crippen molar-refractivity contribution in [2.75, 3.05) is 19.8 Å². The molecule has 0 unspecified atom stereocenters. The normalized spacial score (nSPS) is 11.5. The van der Waals surface area contributed by atoms with Crippen LogP contribution in [0.1, 0.15) is 110 Å². The molecule has 0 saturated heterocycles. The number of aliphatic hydroxyl groups is 2. The van der Waals surface area contributed by atoms with Gasteiger partial charge >= 0.3 is 0 Å². The zero-order valence-corrected chi connectivity index (χ0v) is 16.7. The summed E-state index contributed by atoms with van der Waals surface area (Å²) in [5.41, 5.74) is 0. The minimum atomic E-state index is -0.610. The van der Waals surface area contributed by atoms with Crippen LogP contribution >= 0.6 is 0 Å². The smallest absolute Gasteiger partial charge is 0.139 e. The fraction of sp³-hybridized carbons (Fsp3) is 1.00. The first-order valence-electron chi connectivity index (χ1n) is 10.8. The van der Waals surface area contributed by atoms with Gasteiger partial charge in [0.2, 0.25) is 0 Å². The van der Waals surface area contributed by atoms with Gasteiger partial charge in [-0.05, 0) is 6.42 Å². The summed E-state index contributed by atoms with van der Waals surface area (Å²) in [5, 5.41) is 17.6. The van der Waals surface area contributed by atoms with E-state index in [1.165, 1.54) is 89.9 Å². The monoisotopic (exact) mass is 360 g/mol. The zero-order valence-electron chi connectivity index (χ0n) is 16.7. The maximum atomic E-state index is 8.80. The summed E-state index contributed by atoms with van der Waals surface area (Å²) < 4.78 is 0. The van der Waals surface area contributed by atoms with Gasteiger partial charge in [0.1, 0.15) is 6.10 Å². The number of hydrogen-bond acceptors (Lipinski definition) is 4. The van der Waals surface area contributed by atoms with Crippen LogP contribution < -0.4 is 0 Å². The SMILES string of the molecule is CCCCCCCCCCCCCCCCCCOOC(CO)CO. The van der Waals surface area contributed by atoms with Crippen molar-refractivity contribution in [2.45, 2.75) is 116 Å². The Kier molecular flexibility index (Phi) is 21.7. The highest BCUT2D eigenvalue weighted by atomic mass is 17.2. The second-order valence-electron chi connectivity index (χ2n) is 7.21. The standard InChI is InChI=1S/C21H44O4/c1-2-3-4-5-6-7-8-9-10-11-12-13-14-15-16-17-18-24-25-21(19-22)20-23/h21-23H,2-20H2,1H3. The lowest BCUT2D eigenvalue weighted by molar-refractivity contribution is -0.333. The number of aliphatic hydroxyl groups excluding tert-OH is 2. The van der Waals surface area contributed by atoms with E-state index in [4.69, 9.17) is 20.0 Å². The Morgan fingerprint density at radius 1 is 0.560 bits per heavy atom. The molecule has 0 bridgehead atoms. The molecule has 0 aromatic heterocycles. The average Bonchev–Trinajstić information content (AvgIpc) is 2.64. The topological polar surface area (TPSA) is 58.9 Å². The predicted molar refractivity (Wildman–Crippen MR) is 105 cm³/mol. The highest BCUT2D eigenvalue weighted by Crippen LogP contribution is 2.13. The van der Waals surface area contributed by atoms with Crippen molar-refractivity contribution in [1.82, 2.24) is 0 Å². The molecule has 25 heavy (non-hydrogen) atoms. The molecule has 0 fully saturated rings. The minimum Gasteiger partial charge on any atom is -0.393 e. The molecule has 0 aliphatic carbocycles. The first kappa shape index (κ1) is 24.8. The van der Waals surface area contributed by atoms with Gasteiger partial charge in [-0.2, -0.15) is 0 Å². The van der Waals surface area contributed by atoms with E-state index in [0.29, 0.717) is 6.61 Å². The Bertz CT molecular complexity index is 232. The Morgan fingerprint density at radius 3 is 1.28 bits per heavy atom. The number of rotatable bonds is 21. The molecule has 152 valence electrons. The molecule has 0 aromatic rings. The maximum Gasteiger partial charge on any atom is 0.139 e. The molecule has 0 aliphatic rings. The second kappa shape index (κ2) is 21.9. The fourth-order valence-corrected chi connectivity index (χ4v) is 2.97. The van der Waals surface area contributed by atoms with Gasteiger partial charge in [-0.25, -0.2) is 9.78 Å². The van der Waals surface area contributed by atoms with Crippen LogP contribution in [0.4, 0.5) is 0 Å². The van der Waals surface area contributed by atoms with Crippen LogP contribution in [0, 0.1) is 0 Å². The van der Waals surface area contributed by atoms with Crippen molar-refractivity contribution in [3.05, 3.63) is 0 Å². The van der Waals surface area contributed by atoms with Crippen LogP contribution in [0.2, 0.25) is 0 Å². The third-order valence-electron chi connectivity index (χ3n) is 4.69. The molecule has 0 amide bonds. The van der Waals surface area contributed by atoms with Crippen molar-refractivity contribution < 1.29 is 20.0 Å². The molecule has 4 nitrogen and oxygen atoms in total. The molecule has 0 spiro atoms. The Hall–Kier alpha value is -0.160. The van der Waals surface area contributed by atoms with E-state index in [0.717, 1.165) is 12.8 Å². The molecular formula is C21H44O4. The predicted octanol–water partition coefficient (Wildman–Crippen LogP) is 5.55. The van der Waals surface area contributed by atoms with Crippen LogP contribution in [-0.4, -0.2) is 36.1 Å². The third-order valence-corrected chi connectivity index (χ3v) is 4.69. The quantitative estimate of drug-likeness (QED) is 0.160. The van der Waals surface area contributed by atoms with Crippen LogP contribution in [0.15, 0.2) is 0 Å². The van der Waals surface area contributed by atoms with Gasteiger partial charge < -0.3 is 10.2 Å². The van der Waals surface area contributed by atoms with Gasteiger partial charge in [-0.3, -0.25) is 0 Å². The second-order valence-corrected chi connectivity index (χ2v) is 7.21. The summed E-state index contributed by atoms with van der Waals surface area (Å²) in [4.78, 5) is 9.84. The molecule has 0 radical (unpaired) electrons. The molecule has 0 aliphatic heterocycles. The average molecular weight is 361 g/mol. The first-order chi connectivity index (χ1) is 12.3. The van der Waals surface area contributed by atoms with Gasteiger partial charge in [0.25, 0.3) is 0 Å². The molecule has 2 N–H and O–H groups in total. The molecule has 0 saturated carbocycles. The van der Waals surface area contributed by atoms with Crippen molar-refractivity contribution in [3.8, 4) is 0 Å². The van der Waals surface area contributed by atoms with Crippen molar-refractivity contribution in [2.24, 2.45) is 0 Å². The van der Waals surface area contributed by atoms with Crippen LogP contribution in [0.3, 0.4) is 0 Å². The van der Waals surface area contributed by atoms with Crippen molar-refractivity contribution in [3.63, 3.8) is 0 Å². The van der Waals surface area contributed by atoms with Gasteiger partial charge in [0.05, 0.1) is 19.8 Å². The lowest BCUT2D eigenvalue weighted by Crippen LogP contribution is -2.22. The fourth-order valence-electron chi connectivity index (χ4n) is 2.97. The Labute approximate surface area is 156 Å². The summed E-state index contributed by atoms with van der Waals surface area (Å²) in [5.74, 6) is 0. The molecule has 4 heteroatoms. The number of unbranched alkanes of at least 4 members (excludes halogenated alkanes) is 15. The van der Waals surface area contributed by atoms with Gasteiger partial charge in [0.15, 0.2) is 0 Å². The largest absolute Gasteiger partial charge is 0.393 e. The molecule has 0 heterocycles. The third kappa shape index (κ3) is 20.0. The Balaban J connectivity index is 3.03. The van der Waals surface area contributed by atoms with E-state index in [9.17, 15) is 0 Å². The number of hydrogen-bond donors (Lipinski definition) is 2. The highest BCUT2D eigenvalue weighted by Gasteiger charge is 2.05. The molecular weight excluding hydrogens is 316 g/mol. The van der Waals surface area contributed by atoms with Gasteiger partial charge in [0, 0.05) is 0 Å². The zero-order chi connectivity index (χ0) is 18.4. The van der Waals surface area contributed by atoms with Crippen molar-refractivity contribution in [1.29, 1.82) is 0 Å². The van der Waals surface area contributed by atoms with E-state index in [1.54, 1.807) is 0 Å². The van der Waals surface area contributed by atoms with Crippen LogP contribution in [-0.2, 0) is 9.78 Å². The summed E-state index contributed by atoms with van der Waals surface area (Å²) in [6.45, 7) is 2.39. The summed E-state index contributed by atoms with van der Waals surface area (Å²) >= 11 is 0. The van der Waals surface area contributed by atoms with Crippen LogP contribution in [0.5, 0.6) is 0 Å². The summed E-state index contributed by atoms with van der Waals surface area (Å²) in [6.07, 6.45) is 21.0. The Morgan fingerprint density at radius 2 is 0.920 bits per heavy atom. The lowest BCUT2D eigenvalue weighted by atomic mass is 10.0. The molecule has 0 aromatic carbocycles. The minimum absolute atomic E-state index is 0.213. The summed E-state index contributed by atoms with van der Waals surface area (Å²) in [7, 11) is 0. The van der Waals surface area contributed by atoms with E-state index in [-0.39, 0.29) is 13.2 Å². The molecule has 0 atom stereocenters. The van der Waals surface area contributed by atoms with E-state index >= 15 is 0 Å². The van der Waals surface area contributed by atoms with Crippen LogP contribution in [0.25, 0.3) is 0 Å². The lowest BCUT2D eigenvalue weighted by Gasteiger charge is -2.10. The van der Waals surface area contributed by atoms with Gasteiger partial charge in [-0.15, -0.1) is 0 Å². The maximum absolute atomic E-state index is 8.80.